The van der Waals surface area contributed by atoms with Crippen molar-refractivity contribution < 1.29 is 18.0 Å². The molecule has 2 aromatic heterocycles. The maximum atomic E-state index is 13.4. The zero-order valence-electron chi connectivity index (χ0n) is 20.4. The second kappa shape index (κ2) is 10.4. The molecule has 1 saturated heterocycles. The van der Waals surface area contributed by atoms with E-state index in [1.807, 2.05) is 24.4 Å². The highest BCUT2D eigenvalue weighted by Crippen LogP contribution is 2.29. The maximum Gasteiger partial charge on any atom is 0.405 e. The number of likely N-dealkylation sites (N-methyl/N-ethyl adjacent to an activating group) is 1. The number of hydrogen-bond acceptors (Lipinski definition) is 5. The molecule has 1 aliphatic rings. The van der Waals surface area contributed by atoms with Crippen LogP contribution in [0.1, 0.15) is 49.3 Å². The largest absolute Gasteiger partial charge is 0.405 e. The summed E-state index contributed by atoms with van der Waals surface area (Å²) in [6.07, 6.45) is 0.630. The molecule has 0 bridgehead atoms. The van der Waals surface area contributed by atoms with Gasteiger partial charge in [-0.2, -0.15) is 18.2 Å². The van der Waals surface area contributed by atoms with Crippen LogP contribution in [0.3, 0.4) is 0 Å². The van der Waals surface area contributed by atoms with Gasteiger partial charge in [0.1, 0.15) is 6.04 Å². The van der Waals surface area contributed by atoms with Crippen molar-refractivity contribution >= 4 is 22.6 Å². The molecule has 0 saturated carbocycles. The topological polar surface area (TPSA) is 80.9 Å². The first-order chi connectivity index (χ1) is 16.6. The van der Waals surface area contributed by atoms with Crippen LogP contribution in [0.15, 0.2) is 30.5 Å². The lowest BCUT2D eigenvalue weighted by Gasteiger charge is -2.39. The molecule has 4 rings (SSSR count). The van der Waals surface area contributed by atoms with E-state index in [0.29, 0.717) is 18.9 Å². The van der Waals surface area contributed by atoms with Gasteiger partial charge in [0, 0.05) is 43.2 Å². The van der Waals surface area contributed by atoms with Crippen LogP contribution in [0.5, 0.6) is 0 Å². The van der Waals surface area contributed by atoms with E-state index >= 15 is 0 Å². The van der Waals surface area contributed by atoms with E-state index in [1.54, 1.807) is 0 Å². The Labute approximate surface area is 203 Å². The van der Waals surface area contributed by atoms with Crippen LogP contribution >= 0.6 is 0 Å². The Balaban J connectivity index is 1.45. The zero-order chi connectivity index (χ0) is 25.2. The number of aromatic nitrogens is 4. The average Bonchev–Trinajstić information content (AvgIpc) is 3.45. The molecule has 2 unspecified atom stereocenters. The van der Waals surface area contributed by atoms with Gasteiger partial charge in [0.25, 0.3) is 0 Å². The van der Waals surface area contributed by atoms with Crippen molar-refractivity contribution in [2.24, 2.45) is 11.8 Å². The number of piperazine rings is 1. The summed E-state index contributed by atoms with van der Waals surface area (Å²) in [4.78, 5) is 23.5. The van der Waals surface area contributed by atoms with Crippen LogP contribution in [0.2, 0.25) is 0 Å². The fraction of sp³-hybridized carbons (Fsp3) is 0.560. The second-order valence-corrected chi connectivity index (χ2v) is 10.00. The van der Waals surface area contributed by atoms with E-state index in [9.17, 15) is 18.0 Å². The average molecular weight is 491 g/mol. The number of hydrogen-bond donors (Lipinski definition) is 2. The van der Waals surface area contributed by atoms with Gasteiger partial charge < -0.3 is 9.88 Å². The normalized spacial score (nSPS) is 18.5. The minimum Gasteiger partial charge on any atom is -0.361 e. The van der Waals surface area contributed by atoms with Crippen molar-refractivity contribution in [2.45, 2.75) is 51.7 Å². The number of nitrogens with zero attached hydrogens (tertiary/aromatic N) is 4. The first-order valence-electron chi connectivity index (χ1n) is 12.1. The zero-order valence-corrected chi connectivity index (χ0v) is 20.4. The number of ketones is 1. The lowest BCUT2D eigenvalue weighted by atomic mass is 9.88. The smallest absolute Gasteiger partial charge is 0.361 e. The predicted octanol–water partition coefficient (Wildman–Crippen LogP) is 4.84. The number of benzene rings is 1. The fourth-order valence-electron chi connectivity index (χ4n) is 4.74. The Morgan fingerprint density at radius 2 is 1.97 bits per heavy atom. The first-order valence-corrected chi connectivity index (χ1v) is 12.1. The summed E-state index contributed by atoms with van der Waals surface area (Å²) in [6.45, 7) is 4.67. The van der Waals surface area contributed by atoms with Gasteiger partial charge >= 0.3 is 6.18 Å². The molecular formula is C25H33F3N6O. The summed E-state index contributed by atoms with van der Waals surface area (Å²) in [7, 11) is 1.47. The third kappa shape index (κ3) is 6.04. The molecule has 3 heterocycles. The molecule has 0 spiro atoms. The highest BCUT2D eigenvalue weighted by atomic mass is 19.4. The van der Waals surface area contributed by atoms with Gasteiger partial charge in [-0.15, -0.1) is 5.10 Å². The highest BCUT2D eigenvalue weighted by molar-refractivity contribution is 5.93. The van der Waals surface area contributed by atoms with E-state index < -0.39 is 12.2 Å². The molecule has 2 atom stereocenters. The number of rotatable bonds is 9. The number of Topliss-reactive ketones (excluding diaryl/α,β-unsaturated/α-hetero) is 1. The fourth-order valence-corrected chi connectivity index (χ4v) is 4.74. The number of H-pyrrole nitrogens is 2. The number of anilines is 1. The molecule has 1 fully saturated rings. The van der Waals surface area contributed by atoms with E-state index in [-0.39, 0.29) is 36.6 Å². The summed E-state index contributed by atoms with van der Waals surface area (Å²) in [6, 6.07) is 6.51. The molecule has 35 heavy (non-hydrogen) atoms. The van der Waals surface area contributed by atoms with E-state index in [0.717, 1.165) is 30.2 Å². The van der Waals surface area contributed by atoms with Crippen molar-refractivity contribution in [3.05, 3.63) is 41.9 Å². The first kappa shape index (κ1) is 25.2. The molecule has 7 nitrogen and oxygen atoms in total. The summed E-state index contributed by atoms with van der Waals surface area (Å²) in [5.74, 6) is 0.725. The second-order valence-electron chi connectivity index (χ2n) is 10.00. The Bertz CT molecular complexity index is 1140. The lowest BCUT2D eigenvalue weighted by molar-refractivity contribution is -0.180. The van der Waals surface area contributed by atoms with Crippen molar-refractivity contribution in [1.29, 1.82) is 0 Å². The van der Waals surface area contributed by atoms with Crippen molar-refractivity contribution in [1.82, 2.24) is 25.1 Å². The number of fused-ring (bicyclic) bond motifs is 1. The third-order valence-corrected chi connectivity index (χ3v) is 6.86. The van der Waals surface area contributed by atoms with Gasteiger partial charge in [-0.1, -0.05) is 38.5 Å². The van der Waals surface area contributed by atoms with E-state index in [2.05, 4.69) is 40.1 Å². The molecular weight excluding hydrogens is 457 g/mol. The summed E-state index contributed by atoms with van der Waals surface area (Å²) in [5.41, 5.74) is 2.25. The molecule has 10 heteroatoms. The number of carbonyl (C=O) groups is 1. The highest BCUT2D eigenvalue weighted by Gasteiger charge is 2.45. The standard InChI is InChI=1S/C25H33F3N6O/c1-16(2)8-9-17(12-18-14-29-20-7-5-4-6-19(18)20)13-21(35)23-30-24(32-31-23)34-11-10-33(3)22(15-34)25(26,27)28/h4-7,14,16-17,22,29H,8-13,15H2,1-3H3,(H,30,31,32). The third-order valence-electron chi connectivity index (χ3n) is 6.86. The summed E-state index contributed by atoms with van der Waals surface area (Å²) >= 11 is 0. The van der Waals surface area contributed by atoms with Gasteiger partial charge in [0.2, 0.25) is 5.95 Å². The number of aromatic amines is 2. The molecule has 0 radical (unpaired) electrons. The van der Waals surface area contributed by atoms with E-state index in [1.165, 1.54) is 22.4 Å². The van der Waals surface area contributed by atoms with Crippen molar-refractivity contribution in [3.8, 4) is 0 Å². The van der Waals surface area contributed by atoms with Gasteiger partial charge in [-0.05, 0) is 43.4 Å². The molecule has 3 aromatic rings. The minimum atomic E-state index is -4.34. The lowest BCUT2D eigenvalue weighted by Crippen LogP contribution is -2.57. The Morgan fingerprint density at radius 3 is 2.71 bits per heavy atom. The number of nitrogens with one attached hydrogen (secondary N) is 2. The SMILES string of the molecule is CC(C)CCC(CC(=O)c1nc(N2CCN(C)C(C(F)(F)F)C2)n[nH]1)Cc1c[nH]c2ccccc12. The number of carbonyl (C=O) groups excluding carboxylic acids is 1. The van der Waals surface area contributed by atoms with Crippen LogP contribution < -0.4 is 4.90 Å². The van der Waals surface area contributed by atoms with Gasteiger partial charge in [-0.25, -0.2) is 0 Å². The Morgan fingerprint density at radius 1 is 1.20 bits per heavy atom. The van der Waals surface area contributed by atoms with E-state index in [4.69, 9.17) is 0 Å². The minimum absolute atomic E-state index is 0.107. The van der Waals surface area contributed by atoms with Crippen LogP contribution in [-0.4, -0.2) is 69.7 Å². The molecule has 0 amide bonds. The maximum absolute atomic E-state index is 13.4. The summed E-state index contributed by atoms with van der Waals surface area (Å²) in [5, 5.41) is 7.91. The number of alkyl halides is 3. The Hall–Kier alpha value is -2.88. The van der Waals surface area contributed by atoms with Crippen molar-refractivity contribution in [3.63, 3.8) is 0 Å². The summed E-state index contributed by atoms with van der Waals surface area (Å²) < 4.78 is 40.1. The van der Waals surface area contributed by atoms with Crippen LogP contribution in [0, 0.1) is 11.8 Å². The van der Waals surface area contributed by atoms with Crippen LogP contribution in [0.4, 0.5) is 19.1 Å². The quantitative estimate of drug-likeness (QED) is 0.420. The van der Waals surface area contributed by atoms with Gasteiger partial charge in [0.15, 0.2) is 11.6 Å². The predicted molar refractivity (Wildman–Crippen MR) is 130 cm³/mol. The molecule has 0 aliphatic carbocycles. The monoisotopic (exact) mass is 490 g/mol. The molecule has 190 valence electrons. The van der Waals surface area contributed by atoms with Crippen molar-refractivity contribution in [2.75, 3.05) is 31.6 Å². The number of halogens is 3. The molecule has 1 aromatic carbocycles. The number of para-hydroxylation sites is 1. The molecule has 1 aliphatic heterocycles. The van der Waals surface area contributed by atoms with Crippen LogP contribution in [-0.2, 0) is 6.42 Å². The Kier molecular flexibility index (Phi) is 7.49. The molecule has 2 N–H and O–H groups in total. The van der Waals surface area contributed by atoms with Gasteiger partial charge in [0.05, 0.1) is 0 Å². The van der Waals surface area contributed by atoms with Crippen LogP contribution in [0.25, 0.3) is 10.9 Å². The van der Waals surface area contributed by atoms with Gasteiger partial charge in [-0.3, -0.25) is 14.8 Å².